The van der Waals surface area contributed by atoms with E-state index in [1.807, 2.05) is 24.6 Å². The van der Waals surface area contributed by atoms with Crippen LogP contribution in [0, 0.1) is 0 Å². The van der Waals surface area contributed by atoms with E-state index in [2.05, 4.69) is 20.3 Å². The van der Waals surface area contributed by atoms with Crippen LogP contribution >= 0.6 is 11.8 Å². The van der Waals surface area contributed by atoms with E-state index in [4.69, 9.17) is 9.47 Å². The summed E-state index contributed by atoms with van der Waals surface area (Å²) in [6.45, 7) is 1.21. The van der Waals surface area contributed by atoms with E-state index in [1.165, 1.54) is 11.8 Å². The molecule has 27 heavy (non-hydrogen) atoms. The van der Waals surface area contributed by atoms with Gasteiger partial charge < -0.3 is 19.9 Å². The van der Waals surface area contributed by atoms with Gasteiger partial charge in [-0.1, -0.05) is 11.8 Å². The number of aromatic nitrogens is 3. The number of anilines is 1. The Kier molecular flexibility index (Phi) is 5.87. The summed E-state index contributed by atoms with van der Waals surface area (Å²) in [6.07, 6.45) is 8.51. The summed E-state index contributed by atoms with van der Waals surface area (Å²) in [5.41, 5.74) is 2.59. The fourth-order valence-corrected chi connectivity index (χ4v) is 3.81. The second-order valence-electron chi connectivity index (χ2n) is 6.82. The quantitative estimate of drug-likeness (QED) is 0.597. The number of aliphatic hydroxyl groups excluding tert-OH is 1. The number of ether oxygens (including phenoxy) is 2. The van der Waals surface area contributed by atoms with Gasteiger partial charge in [0, 0.05) is 24.0 Å². The molecule has 3 heterocycles. The van der Waals surface area contributed by atoms with Crippen molar-refractivity contribution in [1.29, 1.82) is 0 Å². The van der Waals surface area contributed by atoms with Gasteiger partial charge in [0.1, 0.15) is 5.82 Å². The zero-order chi connectivity index (χ0) is 18.6. The van der Waals surface area contributed by atoms with Gasteiger partial charge in [0.25, 0.3) is 0 Å². The van der Waals surface area contributed by atoms with Crippen molar-refractivity contribution >= 4 is 17.6 Å². The second kappa shape index (κ2) is 8.52. The third-order valence-corrected chi connectivity index (χ3v) is 5.50. The minimum Gasteiger partial charge on any atom is -0.393 e. The molecular formula is C19H24N4O3S. The maximum absolute atomic E-state index is 9.75. The number of thioether (sulfide) groups is 1. The molecule has 4 rings (SSSR count). The van der Waals surface area contributed by atoms with Gasteiger partial charge in [-0.25, -0.2) is 9.97 Å². The van der Waals surface area contributed by atoms with Crippen LogP contribution in [0.5, 0.6) is 0 Å². The Morgan fingerprint density at radius 1 is 1.15 bits per heavy atom. The van der Waals surface area contributed by atoms with Crippen molar-refractivity contribution in [3.8, 4) is 11.3 Å². The van der Waals surface area contributed by atoms with Gasteiger partial charge in [0.15, 0.2) is 11.4 Å². The van der Waals surface area contributed by atoms with Crippen molar-refractivity contribution < 1.29 is 14.6 Å². The van der Waals surface area contributed by atoms with E-state index in [-0.39, 0.29) is 12.4 Å². The minimum atomic E-state index is -0.339. The van der Waals surface area contributed by atoms with Crippen LogP contribution in [0.4, 0.5) is 5.82 Å². The van der Waals surface area contributed by atoms with Gasteiger partial charge in [-0.2, -0.15) is 0 Å². The molecule has 1 aliphatic carbocycles. The van der Waals surface area contributed by atoms with Crippen molar-refractivity contribution in [3.05, 3.63) is 30.1 Å². The molecule has 1 saturated carbocycles. The monoisotopic (exact) mass is 388 g/mol. The number of nitrogens with one attached hydrogen (secondary N) is 1. The summed E-state index contributed by atoms with van der Waals surface area (Å²) in [6, 6.07) is 4.18. The third-order valence-electron chi connectivity index (χ3n) is 4.94. The van der Waals surface area contributed by atoms with E-state index in [0.717, 1.165) is 53.5 Å². The molecule has 1 saturated heterocycles. The lowest BCUT2D eigenvalue weighted by molar-refractivity contribution is -0.0441. The number of aliphatic hydroxyl groups is 1. The Morgan fingerprint density at radius 2 is 1.93 bits per heavy atom. The number of hydrogen-bond donors (Lipinski definition) is 2. The molecule has 1 aliphatic heterocycles. The topological polar surface area (TPSA) is 89.4 Å². The Hall–Kier alpha value is -1.74. The molecule has 2 aliphatic rings. The third kappa shape index (κ3) is 4.40. The highest BCUT2D eigenvalue weighted by Crippen LogP contribution is 2.31. The average Bonchev–Trinajstić information content (AvgIpc) is 3.25. The van der Waals surface area contributed by atoms with Crippen molar-refractivity contribution in [2.75, 3.05) is 24.8 Å². The first-order valence-corrected chi connectivity index (χ1v) is 10.5. The number of hydrogen-bond acceptors (Lipinski definition) is 8. The van der Waals surface area contributed by atoms with Crippen LogP contribution in [0.3, 0.4) is 0 Å². The van der Waals surface area contributed by atoms with E-state index < -0.39 is 0 Å². The number of nitrogens with zero attached hydrogens (tertiary/aromatic N) is 3. The Morgan fingerprint density at radius 3 is 2.67 bits per heavy atom. The molecule has 2 N–H and O–H groups in total. The standard InChI is InChI=1S/C19H24N4O3S/c1-27-19-21-11-15(17(23-19)22-13-2-4-14(24)5-3-13)16-10-12(6-7-20-16)18-25-8-9-26-18/h6-7,10-11,13-14,18,24H,2-5,8-9H2,1H3,(H,21,22,23). The van der Waals surface area contributed by atoms with Gasteiger partial charge >= 0.3 is 0 Å². The van der Waals surface area contributed by atoms with Crippen LogP contribution in [0.25, 0.3) is 11.3 Å². The van der Waals surface area contributed by atoms with Crippen LogP contribution in [-0.2, 0) is 9.47 Å². The SMILES string of the molecule is CSc1ncc(-c2cc(C3OCCO3)ccn2)c(NC2CCC(O)CC2)n1. The highest BCUT2D eigenvalue weighted by Gasteiger charge is 2.23. The largest absolute Gasteiger partial charge is 0.393 e. The molecule has 0 radical (unpaired) electrons. The predicted molar refractivity (Wildman–Crippen MR) is 104 cm³/mol. The molecule has 2 aromatic heterocycles. The van der Waals surface area contributed by atoms with Crippen molar-refractivity contribution in [2.24, 2.45) is 0 Å². The zero-order valence-electron chi connectivity index (χ0n) is 15.3. The Labute approximate surface area is 162 Å². The molecular weight excluding hydrogens is 364 g/mol. The second-order valence-corrected chi connectivity index (χ2v) is 7.59. The minimum absolute atomic E-state index is 0.181. The lowest BCUT2D eigenvalue weighted by atomic mass is 9.93. The summed E-state index contributed by atoms with van der Waals surface area (Å²) < 4.78 is 11.2. The lowest BCUT2D eigenvalue weighted by Crippen LogP contribution is -2.28. The maximum Gasteiger partial charge on any atom is 0.189 e. The van der Waals surface area contributed by atoms with Crippen LogP contribution in [-0.4, -0.2) is 51.7 Å². The van der Waals surface area contributed by atoms with E-state index in [9.17, 15) is 5.11 Å². The molecule has 2 aromatic rings. The average molecular weight is 388 g/mol. The molecule has 0 spiro atoms. The zero-order valence-corrected chi connectivity index (χ0v) is 16.1. The van der Waals surface area contributed by atoms with Gasteiger partial charge in [-0.15, -0.1) is 0 Å². The number of pyridine rings is 1. The summed E-state index contributed by atoms with van der Waals surface area (Å²) in [4.78, 5) is 13.6. The fourth-order valence-electron chi connectivity index (χ4n) is 3.47. The Balaban J connectivity index is 1.62. The highest BCUT2D eigenvalue weighted by molar-refractivity contribution is 7.98. The molecule has 7 nitrogen and oxygen atoms in total. The van der Waals surface area contributed by atoms with Crippen LogP contribution in [0.1, 0.15) is 37.5 Å². The predicted octanol–water partition coefficient (Wildman–Crippen LogP) is 3.02. The van der Waals surface area contributed by atoms with Gasteiger partial charge in [-0.05, 0) is 44.1 Å². The molecule has 0 amide bonds. The van der Waals surface area contributed by atoms with Crippen molar-refractivity contribution in [2.45, 2.75) is 49.3 Å². The molecule has 0 bridgehead atoms. The summed E-state index contributed by atoms with van der Waals surface area (Å²) >= 11 is 1.51. The summed E-state index contributed by atoms with van der Waals surface area (Å²) in [5.74, 6) is 0.786. The normalized spacial score (nSPS) is 23.5. The van der Waals surface area contributed by atoms with E-state index in [1.54, 1.807) is 6.20 Å². The maximum atomic E-state index is 9.75. The van der Waals surface area contributed by atoms with Gasteiger partial charge in [0.05, 0.1) is 30.6 Å². The van der Waals surface area contributed by atoms with E-state index in [0.29, 0.717) is 19.3 Å². The molecule has 0 unspecified atom stereocenters. The number of rotatable bonds is 5. The first kappa shape index (κ1) is 18.6. The molecule has 0 aromatic carbocycles. The highest BCUT2D eigenvalue weighted by atomic mass is 32.2. The summed E-state index contributed by atoms with van der Waals surface area (Å²) in [7, 11) is 0. The molecule has 8 heteroatoms. The van der Waals surface area contributed by atoms with Crippen molar-refractivity contribution in [3.63, 3.8) is 0 Å². The smallest absolute Gasteiger partial charge is 0.189 e. The van der Waals surface area contributed by atoms with Crippen LogP contribution < -0.4 is 5.32 Å². The van der Waals surface area contributed by atoms with Gasteiger partial charge in [-0.3, -0.25) is 4.98 Å². The van der Waals surface area contributed by atoms with E-state index >= 15 is 0 Å². The van der Waals surface area contributed by atoms with Crippen LogP contribution in [0.15, 0.2) is 29.7 Å². The first-order valence-electron chi connectivity index (χ1n) is 9.28. The molecule has 2 fully saturated rings. The first-order chi connectivity index (χ1) is 13.2. The molecule has 0 atom stereocenters. The fraction of sp³-hybridized carbons (Fsp3) is 0.526. The van der Waals surface area contributed by atoms with Crippen LogP contribution in [0.2, 0.25) is 0 Å². The van der Waals surface area contributed by atoms with Gasteiger partial charge in [0.2, 0.25) is 0 Å². The van der Waals surface area contributed by atoms with Crippen molar-refractivity contribution in [1.82, 2.24) is 15.0 Å². The Bertz CT molecular complexity index is 777. The summed E-state index contributed by atoms with van der Waals surface area (Å²) in [5, 5.41) is 14.0. The lowest BCUT2D eigenvalue weighted by Gasteiger charge is -2.27. The molecule has 144 valence electrons.